The molecule has 0 fully saturated rings. The van der Waals surface area contributed by atoms with Gasteiger partial charge in [0, 0.05) is 29.8 Å². The molecule has 35 heavy (non-hydrogen) atoms. The summed E-state index contributed by atoms with van der Waals surface area (Å²) in [4.78, 5) is 8.64. The second-order valence-corrected chi connectivity index (χ2v) is 8.22. The van der Waals surface area contributed by atoms with Gasteiger partial charge in [0.15, 0.2) is 17.5 Å². The number of hydrogen-bond acceptors (Lipinski definition) is 2. The van der Waals surface area contributed by atoms with Gasteiger partial charge in [-0.25, -0.2) is 31.9 Å². The van der Waals surface area contributed by atoms with Gasteiger partial charge in [0.05, 0.1) is 5.56 Å². The number of unbranched alkanes of at least 4 members (excludes halogenated alkanes) is 1. The van der Waals surface area contributed by atoms with Crippen LogP contribution < -0.4 is 0 Å². The Morgan fingerprint density at radius 1 is 0.714 bits per heavy atom. The van der Waals surface area contributed by atoms with Crippen LogP contribution in [0.2, 0.25) is 0 Å². The highest BCUT2D eigenvalue weighted by atomic mass is 19.2. The number of fused-ring (bicyclic) bond motifs is 1. The van der Waals surface area contributed by atoms with Crippen LogP contribution in [0, 0.1) is 40.9 Å². The van der Waals surface area contributed by atoms with E-state index in [1.807, 2.05) is 0 Å². The van der Waals surface area contributed by atoms with E-state index in [9.17, 15) is 22.0 Å². The van der Waals surface area contributed by atoms with Crippen molar-refractivity contribution in [1.29, 1.82) is 0 Å². The predicted molar refractivity (Wildman–Crippen MR) is 124 cm³/mol. The summed E-state index contributed by atoms with van der Waals surface area (Å²) in [6.07, 6.45) is 7.42. The first-order chi connectivity index (χ1) is 16.9. The quantitative estimate of drug-likeness (QED) is 0.171. The fourth-order valence-electron chi connectivity index (χ4n) is 3.68. The average Bonchev–Trinajstić information content (AvgIpc) is 2.85. The van der Waals surface area contributed by atoms with E-state index in [1.165, 1.54) is 30.3 Å². The molecule has 1 heterocycles. The fourth-order valence-corrected chi connectivity index (χ4v) is 3.68. The van der Waals surface area contributed by atoms with Crippen LogP contribution in [-0.2, 0) is 19.3 Å². The molecule has 0 N–H and O–H groups in total. The molecule has 0 radical (unpaired) electrons. The number of nitrogens with zero attached hydrogens (tertiary/aromatic N) is 2. The van der Waals surface area contributed by atoms with E-state index in [4.69, 9.17) is 0 Å². The first kappa shape index (κ1) is 24.3. The third-order valence-electron chi connectivity index (χ3n) is 5.62. The molecule has 2 nitrogen and oxygen atoms in total. The van der Waals surface area contributed by atoms with Crippen LogP contribution in [0.5, 0.6) is 0 Å². The highest BCUT2D eigenvalue weighted by molar-refractivity contribution is 5.84. The Balaban J connectivity index is 1.49. The summed E-state index contributed by atoms with van der Waals surface area (Å²) in [5, 5.41) is -0.0270. The van der Waals surface area contributed by atoms with E-state index in [0.29, 0.717) is 24.2 Å². The highest BCUT2D eigenvalue weighted by Gasteiger charge is 2.14. The Morgan fingerprint density at radius 2 is 1.43 bits per heavy atom. The standard InChI is InChI=1S/C28H21F5N2/c1-2-3-4-19-15-34-26(35-16-19)10-7-18-12-23(29)22(24(30)13-18)9-6-17-5-8-21-20(11-17)14-25(31)28(33)27(21)32/h5,8,11-16H,2-4,7,10H2,1H3. The van der Waals surface area contributed by atoms with Crippen LogP contribution in [0.3, 0.4) is 0 Å². The van der Waals surface area contributed by atoms with Crippen LogP contribution in [0.1, 0.15) is 47.8 Å². The minimum absolute atomic E-state index is 0.0881. The number of aromatic nitrogens is 2. The summed E-state index contributed by atoms with van der Waals surface area (Å²) >= 11 is 0. The van der Waals surface area contributed by atoms with Crippen molar-refractivity contribution in [2.24, 2.45) is 0 Å². The normalized spacial score (nSPS) is 10.9. The summed E-state index contributed by atoms with van der Waals surface area (Å²) in [6.45, 7) is 2.11. The van der Waals surface area contributed by atoms with Crippen LogP contribution >= 0.6 is 0 Å². The van der Waals surface area contributed by atoms with Crippen LogP contribution in [0.25, 0.3) is 10.8 Å². The molecular formula is C28H21F5N2. The molecule has 1 aromatic heterocycles. The van der Waals surface area contributed by atoms with E-state index in [0.717, 1.165) is 30.9 Å². The summed E-state index contributed by atoms with van der Waals surface area (Å²) < 4.78 is 70.0. The molecule has 0 bridgehead atoms. The Labute approximate surface area is 199 Å². The largest absolute Gasteiger partial charge is 0.241 e. The van der Waals surface area contributed by atoms with Crippen molar-refractivity contribution in [3.8, 4) is 11.8 Å². The molecule has 0 atom stereocenters. The van der Waals surface area contributed by atoms with E-state index < -0.39 is 34.6 Å². The SMILES string of the molecule is CCCCc1cnc(CCc2cc(F)c(C#Cc3ccc4c(F)c(F)c(F)cc4c3)c(F)c2)nc1. The molecule has 0 aliphatic heterocycles. The maximum Gasteiger partial charge on any atom is 0.195 e. The highest BCUT2D eigenvalue weighted by Crippen LogP contribution is 2.24. The molecule has 0 aliphatic carbocycles. The van der Waals surface area contributed by atoms with Crippen molar-refractivity contribution in [3.05, 3.63) is 106 Å². The second-order valence-electron chi connectivity index (χ2n) is 8.22. The summed E-state index contributed by atoms with van der Waals surface area (Å²) in [5.74, 6) is -0.188. The lowest BCUT2D eigenvalue weighted by Crippen LogP contribution is -2.01. The molecule has 7 heteroatoms. The Hall–Kier alpha value is -3.79. The molecule has 0 saturated heterocycles. The van der Waals surface area contributed by atoms with Gasteiger partial charge >= 0.3 is 0 Å². The molecule has 4 rings (SSSR count). The van der Waals surface area contributed by atoms with Gasteiger partial charge in [-0.05, 0) is 66.1 Å². The zero-order valence-electron chi connectivity index (χ0n) is 18.9. The minimum atomic E-state index is -1.56. The molecule has 3 aromatic carbocycles. The topological polar surface area (TPSA) is 25.8 Å². The van der Waals surface area contributed by atoms with Crippen molar-refractivity contribution < 1.29 is 22.0 Å². The van der Waals surface area contributed by atoms with Gasteiger partial charge in [-0.3, -0.25) is 0 Å². The van der Waals surface area contributed by atoms with Crippen molar-refractivity contribution in [3.63, 3.8) is 0 Å². The van der Waals surface area contributed by atoms with E-state index in [-0.39, 0.29) is 16.3 Å². The lowest BCUT2D eigenvalue weighted by Gasteiger charge is -2.05. The molecule has 0 spiro atoms. The molecular weight excluding hydrogens is 459 g/mol. The van der Waals surface area contributed by atoms with Gasteiger partial charge in [0.1, 0.15) is 17.5 Å². The summed E-state index contributed by atoms with van der Waals surface area (Å²) in [5.41, 5.74) is 1.36. The Morgan fingerprint density at radius 3 is 2.11 bits per heavy atom. The third-order valence-corrected chi connectivity index (χ3v) is 5.62. The Bertz CT molecular complexity index is 1410. The van der Waals surface area contributed by atoms with E-state index >= 15 is 0 Å². The number of benzene rings is 3. The summed E-state index contributed by atoms with van der Waals surface area (Å²) in [6, 6.07) is 7.22. The number of hydrogen-bond donors (Lipinski definition) is 0. The average molecular weight is 480 g/mol. The molecule has 0 saturated carbocycles. The maximum absolute atomic E-state index is 14.6. The van der Waals surface area contributed by atoms with Crippen molar-refractivity contribution in [2.75, 3.05) is 0 Å². The molecule has 0 aliphatic rings. The van der Waals surface area contributed by atoms with Gasteiger partial charge < -0.3 is 0 Å². The lowest BCUT2D eigenvalue weighted by molar-refractivity contribution is 0.453. The van der Waals surface area contributed by atoms with Crippen LogP contribution in [0.4, 0.5) is 22.0 Å². The van der Waals surface area contributed by atoms with Gasteiger partial charge in [-0.15, -0.1) is 0 Å². The van der Waals surface area contributed by atoms with Crippen molar-refractivity contribution in [2.45, 2.75) is 39.0 Å². The minimum Gasteiger partial charge on any atom is -0.241 e. The van der Waals surface area contributed by atoms with Crippen LogP contribution in [0.15, 0.2) is 48.8 Å². The molecule has 0 unspecified atom stereocenters. The first-order valence-corrected chi connectivity index (χ1v) is 11.2. The van der Waals surface area contributed by atoms with Crippen LogP contribution in [-0.4, -0.2) is 9.97 Å². The molecule has 4 aromatic rings. The fraction of sp³-hybridized carbons (Fsp3) is 0.214. The third kappa shape index (κ3) is 5.65. The lowest BCUT2D eigenvalue weighted by atomic mass is 10.0. The van der Waals surface area contributed by atoms with E-state index in [2.05, 4.69) is 28.7 Å². The van der Waals surface area contributed by atoms with E-state index in [1.54, 1.807) is 12.4 Å². The van der Waals surface area contributed by atoms with Gasteiger partial charge in [0.25, 0.3) is 0 Å². The monoisotopic (exact) mass is 480 g/mol. The number of rotatable bonds is 6. The smallest absolute Gasteiger partial charge is 0.195 e. The van der Waals surface area contributed by atoms with Gasteiger partial charge in [-0.2, -0.15) is 0 Å². The number of aryl methyl sites for hydroxylation is 3. The first-order valence-electron chi connectivity index (χ1n) is 11.2. The second kappa shape index (κ2) is 10.6. The van der Waals surface area contributed by atoms with Crippen molar-refractivity contribution >= 4 is 10.8 Å². The zero-order chi connectivity index (χ0) is 24.9. The molecule has 178 valence electrons. The predicted octanol–water partition coefficient (Wildman–Crippen LogP) is 6.85. The number of halogens is 5. The maximum atomic E-state index is 14.6. The Kier molecular flexibility index (Phi) is 7.40. The van der Waals surface area contributed by atoms with Crippen molar-refractivity contribution in [1.82, 2.24) is 9.97 Å². The van der Waals surface area contributed by atoms with Gasteiger partial charge in [-0.1, -0.05) is 31.3 Å². The van der Waals surface area contributed by atoms with Gasteiger partial charge in [0.2, 0.25) is 0 Å². The molecule has 0 amide bonds. The zero-order valence-corrected chi connectivity index (χ0v) is 18.9. The summed E-state index contributed by atoms with van der Waals surface area (Å²) in [7, 11) is 0.